The Morgan fingerprint density at radius 3 is 2.67 bits per heavy atom. The van der Waals surface area contributed by atoms with Crippen molar-refractivity contribution in [2.75, 3.05) is 17.3 Å². The van der Waals surface area contributed by atoms with E-state index in [0.29, 0.717) is 23.0 Å². The summed E-state index contributed by atoms with van der Waals surface area (Å²) >= 11 is 8.23. The highest BCUT2D eigenvalue weighted by Gasteiger charge is 2.43. The largest absolute Gasteiger partial charge is 0.494 e. The molecule has 1 aromatic carbocycles. The number of rotatable bonds is 6. The second-order valence-electron chi connectivity index (χ2n) is 7.89. The summed E-state index contributed by atoms with van der Waals surface area (Å²) in [5.41, 5.74) is 5.82. The van der Waals surface area contributed by atoms with Crippen LogP contribution in [0.15, 0.2) is 42.6 Å². The zero-order valence-electron chi connectivity index (χ0n) is 18.9. The number of ether oxygens (including phenoxy) is 1. The zero-order valence-corrected chi connectivity index (χ0v) is 21.9. The van der Waals surface area contributed by atoms with Crippen molar-refractivity contribution in [1.82, 2.24) is 15.3 Å². The average molecular weight is 575 g/mol. The number of carbonyl (C=O) groups excluding carboxylic acids is 1. The van der Waals surface area contributed by atoms with Gasteiger partial charge in [-0.1, -0.05) is 13.0 Å². The molecule has 2 aromatic heterocycles. The van der Waals surface area contributed by atoms with E-state index in [4.69, 9.17) is 17.0 Å². The van der Waals surface area contributed by atoms with Gasteiger partial charge in [-0.3, -0.25) is 9.78 Å². The minimum absolute atomic E-state index is 0.0690. The molecule has 1 amide bonds. The maximum Gasteiger partial charge on any atom is 0.224 e. The summed E-state index contributed by atoms with van der Waals surface area (Å²) in [4.78, 5) is 22.1. The molecule has 2 atom stereocenters. The summed E-state index contributed by atoms with van der Waals surface area (Å²) in [7, 11) is 1.60. The zero-order chi connectivity index (χ0) is 23.7. The molecule has 1 aliphatic heterocycles. The molecule has 172 valence electrons. The van der Waals surface area contributed by atoms with Crippen molar-refractivity contribution >= 4 is 57.2 Å². The summed E-state index contributed by atoms with van der Waals surface area (Å²) in [6, 6.07) is 11.4. The number of benzene rings is 1. The van der Waals surface area contributed by atoms with Gasteiger partial charge < -0.3 is 25.3 Å². The van der Waals surface area contributed by atoms with Crippen molar-refractivity contribution in [2.45, 2.75) is 39.3 Å². The van der Waals surface area contributed by atoms with Gasteiger partial charge in [-0.05, 0) is 72.9 Å². The number of amides is 1. The number of hydrogen-bond donors (Lipinski definition) is 3. The fraction of sp³-hybridized carbons (Fsp3) is 0.292. The second kappa shape index (κ2) is 9.68. The summed E-state index contributed by atoms with van der Waals surface area (Å²) < 4.78 is 6.78. The van der Waals surface area contributed by atoms with Crippen molar-refractivity contribution in [1.29, 1.82) is 0 Å². The van der Waals surface area contributed by atoms with E-state index in [2.05, 4.69) is 61.9 Å². The third-order valence-corrected chi connectivity index (χ3v) is 7.50. The lowest BCUT2D eigenvalue weighted by Crippen LogP contribution is -2.30. The molecule has 0 saturated carbocycles. The number of nitrogens with zero attached hydrogens (tertiary/aromatic N) is 2. The molecule has 0 bridgehead atoms. The highest BCUT2D eigenvalue weighted by Crippen LogP contribution is 2.45. The summed E-state index contributed by atoms with van der Waals surface area (Å²) in [5, 5.41) is 6.99. The molecule has 7 nitrogen and oxygen atoms in total. The van der Waals surface area contributed by atoms with Gasteiger partial charge >= 0.3 is 0 Å². The molecule has 2 unspecified atom stereocenters. The van der Waals surface area contributed by atoms with E-state index >= 15 is 0 Å². The third-order valence-electron chi connectivity index (χ3n) is 5.80. The van der Waals surface area contributed by atoms with Crippen molar-refractivity contribution < 1.29 is 9.53 Å². The molecule has 0 radical (unpaired) electrons. The fourth-order valence-electron chi connectivity index (χ4n) is 4.22. The monoisotopic (exact) mass is 575 g/mol. The Morgan fingerprint density at radius 2 is 2.06 bits per heavy atom. The van der Waals surface area contributed by atoms with E-state index in [0.717, 1.165) is 22.8 Å². The van der Waals surface area contributed by atoms with Gasteiger partial charge in [0.2, 0.25) is 5.91 Å². The Hall–Kier alpha value is -2.66. The Balaban J connectivity index is 1.84. The number of halogens is 1. The lowest BCUT2D eigenvalue weighted by Gasteiger charge is -2.29. The standard InChI is InChI=1S/C24H26IN5O2S/c1-5-19(31)28-16-10-9-15(12-18(16)32-4)30-23(20-13(2)27-14(3)21(20)25)22(29-24(30)33)17-8-6-7-11-26-17/h6-12,22-23,27H,5H2,1-4H3,(H,28,31)(H,29,33). The Labute approximate surface area is 212 Å². The van der Waals surface area contributed by atoms with Crippen LogP contribution in [0.2, 0.25) is 0 Å². The van der Waals surface area contributed by atoms with Gasteiger partial charge in [-0.15, -0.1) is 0 Å². The number of methoxy groups -OCH3 is 1. The van der Waals surface area contributed by atoms with Crippen LogP contribution in [0.1, 0.15) is 48.1 Å². The summed E-state index contributed by atoms with van der Waals surface area (Å²) in [5.74, 6) is 0.509. The summed E-state index contributed by atoms with van der Waals surface area (Å²) in [6.07, 6.45) is 2.19. The van der Waals surface area contributed by atoms with E-state index in [9.17, 15) is 4.79 Å². The van der Waals surface area contributed by atoms with Crippen LogP contribution in [0, 0.1) is 17.4 Å². The van der Waals surface area contributed by atoms with Crippen LogP contribution < -0.4 is 20.3 Å². The second-order valence-corrected chi connectivity index (χ2v) is 9.35. The van der Waals surface area contributed by atoms with Crippen molar-refractivity contribution in [3.05, 3.63) is 68.8 Å². The minimum atomic E-state index is -0.133. The molecule has 9 heteroatoms. The first-order chi connectivity index (χ1) is 15.8. The quantitative estimate of drug-likeness (QED) is 0.278. The van der Waals surface area contributed by atoms with Crippen LogP contribution in [0.25, 0.3) is 0 Å². The number of aromatic amines is 1. The number of thiocarbonyl (C=S) groups is 1. The molecular formula is C24H26IN5O2S. The van der Waals surface area contributed by atoms with E-state index < -0.39 is 0 Å². The first kappa shape index (κ1) is 23.5. The van der Waals surface area contributed by atoms with Gasteiger partial charge in [0, 0.05) is 44.9 Å². The van der Waals surface area contributed by atoms with Crippen molar-refractivity contribution in [3.8, 4) is 5.75 Å². The first-order valence-corrected chi connectivity index (χ1v) is 12.2. The number of pyridine rings is 1. The molecular weight excluding hydrogens is 549 g/mol. The highest BCUT2D eigenvalue weighted by atomic mass is 127. The Morgan fingerprint density at radius 1 is 1.27 bits per heavy atom. The molecule has 0 aliphatic carbocycles. The fourth-order valence-corrected chi connectivity index (χ4v) is 5.42. The first-order valence-electron chi connectivity index (χ1n) is 10.7. The molecule has 3 N–H and O–H groups in total. The van der Waals surface area contributed by atoms with Crippen molar-refractivity contribution in [2.24, 2.45) is 0 Å². The van der Waals surface area contributed by atoms with Gasteiger partial charge in [-0.2, -0.15) is 0 Å². The van der Waals surface area contributed by atoms with Gasteiger partial charge in [-0.25, -0.2) is 0 Å². The normalized spacial score (nSPS) is 17.7. The van der Waals surface area contributed by atoms with Gasteiger partial charge in [0.25, 0.3) is 0 Å². The van der Waals surface area contributed by atoms with Crippen LogP contribution >= 0.6 is 34.8 Å². The lowest BCUT2D eigenvalue weighted by atomic mass is 9.96. The lowest BCUT2D eigenvalue weighted by molar-refractivity contribution is -0.115. The van der Waals surface area contributed by atoms with Gasteiger partial charge in [0.05, 0.1) is 30.6 Å². The third kappa shape index (κ3) is 4.43. The SMILES string of the molecule is CCC(=O)Nc1ccc(N2C(=S)NC(c3ccccn3)C2c2c(C)[nH]c(C)c2I)cc1OC. The van der Waals surface area contributed by atoms with E-state index in [1.54, 1.807) is 13.3 Å². The van der Waals surface area contributed by atoms with Crippen LogP contribution in [-0.4, -0.2) is 28.1 Å². The number of nitrogens with one attached hydrogen (secondary N) is 3. The molecule has 1 fully saturated rings. The van der Waals surface area contributed by atoms with Gasteiger partial charge in [0.15, 0.2) is 5.11 Å². The maximum atomic E-state index is 11.9. The van der Waals surface area contributed by atoms with Crippen LogP contribution in [0.4, 0.5) is 11.4 Å². The Bertz CT molecular complexity index is 1200. The molecule has 1 aliphatic rings. The van der Waals surface area contributed by atoms with E-state index in [1.165, 1.54) is 9.13 Å². The molecule has 0 spiro atoms. The number of H-pyrrole nitrogens is 1. The molecule has 4 rings (SSSR count). The predicted octanol–water partition coefficient (Wildman–Crippen LogP) is 5.17. The Kier molecular flexibility index (Phi) is 6.89. The van der Waals surface area contributed by atoms with E-state index in [-0.39, 0.29) is 18.0 Å². The molecule has 3 heterocycles. The number of hydrogen-bond acceptors (Lipinski definition) is 4. The predicted molar refractivity (Wildman–Crippen MR) is 143 cm³/mol. The van der Waals surface area contributed by atoms with E-state index in [1.807, 2.05) is 43.3 Å². The number of carbonyl (C=O) groups is 1. The average Bonchev–Trinajstić information content (AvgIpc) is 3.28. The van der Waals surface area contributed by atoms with Crippen LogP contribution in [-0.2, 0) is 4.79 Å². The number of aromatic nitrogens is 2. The number of anilines is 2. The smallest absolute Gasteiger partial charge is 0.224 e. The minimum Gasteiger partial charge on any atom is -0.494 e. The van der Waals surface area contributed by atoms with Crippen LogP contribution in [0.5, 0.6) is 5.75 Å². The topological polar surface area (TPSA) is 82.3 Å². The van der Waals surface area contributed by atoms with Crippen LogP contribution in [0.3, 0.4) is 0 Å². The highest BCUT2D eigenvalue weighted by molar-refractivity contribution is 14.1. The molecule has 33 heavy (non-hydrogen) atoms. The molecule has 1 saturated heterocycles. The summed E-state index contributed by atoms with van der Waals surface area (Å²) in [6.45, 7) is 5.98. The number of aryl methyl sites for hydroxylation is 2. The van der Waals surface area contributed by atoms with Gasteiger partial charge in [0.1, 0.15) is 5.75 Å². The molecule has 3 aromatic rings. The van der Waals surface area contributed by atoms with Crippen molar-refractivity contribution in [3.63, 3.8) is 0 Å². The maximum absolute atomic E-state index is 11.9.